The van der Waals surface area contributed by atoms with Crippen molar-refractivity contribution in [1.82, 2.24) is 4.90 Å². The van der Waals surface area contributed by atoms with Gasteiger partial charge in [0.2, 0.25) is 0 Å². The molecule has 0 spiro atoms. The fourth-order valence-electron chi connectivity index (χ4n) is 4.22. The summed E-state index contributed by atoms with van der Waals surface area (Å²) in [6, 6.07) is 9.03. The third-order valence-electron chi connectivity index (χ3n) is 5.67. The Morgan fingerprint density at radius 1 is 1.12 bits per heavy atom. The second kappa shape index (κ2) is 9.44. The fourth-order valence-corrected chi connectivity index (χ4v) is 4.22. The van der Waals surface area contributed by atoms with Crippen LogP contribution in [0.1, 0.15) is 77.3 Å². The highest BCUT2D eigenvalue weighted by atomic mass is 15.1. The molecule has 1 aromatic carbocycles. The Labute approximate surface area is 162 Å². The fraction of sp³-hybridized carbons (Fsp3) is 0.600. The van der Waals surface area contributed by atoms with E-state index in [0.717, 1.165) is 31.7 Å². The standard InChI is InChI=1S/C25H39N/c1-7-11-20(2)15-16-21(3)26-17-10-12-22(19-26)18-23-13-8-9-14-24(23)25(4,5)6/h8-9,13-14,22H,2-3,7,10-12,15-19H2,1,4-6H3. The summed E-state index contributed by atoms with van der Waals surface area (Å²) in [7, 11) is 0. The molecule has 1 nitrogen and oxygen atoms in total. The van der Waals surface area contributed by atoms with Crippen molar-refractivity contribution in [1.29, 1.82) is 0 Å². The summed E-state index contributed by atoms with van der Waals surface area (Å²) in [5.74, 6) is 0.739. The van der Waals surface area contributed by atoms with Gasteiger partial charge in [-0.05, 0) is 61.0 Å². The van der Waals surface area contributed by atoms with Crippen LogP contribution in [-0.4, -0.2) is 18.0 Å². The topological polar surface area (TPSA) is 3.24 Å². The molecule has 0 amide bonds. The lowest BCUT2D eigenvalue weighted by Gasteiger charge is -2.36. The van der Waals surface area contributed by atoms with E-state index in [0.29, 0.717) is 0 Å². The van der Waals surface area contributed by atoms with Gasteiger partial charge in [-0.2, -0.15) is 0 Å². The lowest BCUT2D eigenvalue weighted by atomic mass is 9.80. The maximum Gasteiger partial charge on any atom is 0.0206 e. The zero-order chi connectivity index (χ0) is 19.2. The quantitative estimate of drug-likeness (QED) is 0.460. The van der Waals surface area contributed by atoms with Crippen LogP contribution in [0.5, 0.6) is 0 Å². The van der Waals surface area contributed by atoms with Crippen LogP contribution < -0.4 is 0 Å². The van der Waals surface area contributed by atoms with Gasteiger partial charge in [-0.25, -0.2) is 0 Å². The highest BCUT2D eigenvalue weighted by molar-refractivity contribution is 5.33. The maximum absolute atomic E-state index is 4.39. The summed E-state index contributed by atoms with van der Waals surface area (Å²) in [6.45, 7) is 20.1. The van der Waals surface area contributed by atoms with Gasteiger partial charge >= 0.3 is 0 Å². The number of hydrogen-bond acceptors (Lipinski definition) is 1. The van der Waals surface area contributed by atoms with Gasteiger partial charge in [0, 0.05) is 18.8 Å². The molecule has 1 atom stereocenters. The molecule has 1 saturated heterocycles. The van der Waals surface area contributed by atoms with Crippen LogP contribution in [0.3, 0.4) is 0 Å². The van der Waals surface area contributed by atoms with Crippen molar-refractivity contribution < 1.29 is 0 Å². The van der Waals surface area contributed by atoms with Crippen molar-refractivity contribution in [3.8, 4) is 0 Å². The second-order valence-electron chi connectivity index (χ2n) is 9.13. The number of benzene rings is 1. The molecule has 144 valence electrons. The average Bonchev–Trinajstić information content (AvgIpc) is 2.60. The molecule has 1 aliphatic heterocycles. The summed E-state index contributed by atoms with van der Waals surface area (Å²) < 4.78 is 0. The number of nitrogens with zero attached hydrogens (tertiary/aromatic N) is 1. The van der Waals surface area contributed by atoms with Gasteiger partial charge in [-0.1, -0.05) is 77.1 Å². The third-order valence-corrected chi connectivity index (χ3v) is 5.67. The lowest BCUT2D eigenvalue weighted by Crippen LogP contribution is -2.35. The van der Waals surface area contributed by atoms with Crippen molar-refractivity contribution in [2.45, 2.75) is 78.1 Å². The zero-order valence-electron chi connectivity index (χ0n) is 17.6. The molecule has 0 bridgehead atoms. The van der Waals surface area contributed by atoms with Crippen molar-refractivity contribution in [2.24, 2.45) is 5.92 Å². The Morgan fingerprint density at radius 2 is 1.85 bits per heavy atom. The molecule has 1 aromatic rings. The van der Waals surface area contributed by atoms with Crippen LogP contribution in [0.4, 0.5) is 0 Å². The molecule has 0 aliphatic carbocycles. The Kier molecular flexibility index (Phi) is 7.55. The van der Waals surface area contributed by atoms with Crippen LogP contribution in [0.25, 0.3) is 0 Å². The molecule has 0 N–H and O–H groups in total. The molecule has 1 fully saturated rings. The first-order chi connectivity index (χ1) is 12.3. The molecule has 1 unspecified atom stereocenters. The van der Waals surface area contributed by atoms with Crippen LogP contribution in [0, 0.1) is 5.92 Å². The molecule has 0 saturated carbocycles. The van der Waals surface area contributed by atoms with E-state index in [2.05, 4.69) is 70.0 Å². The third kappa shape index (κ3) is 6.04. The predicted octanol–water partition coefficient (Wildman–Crippen LogP) is 6.89. The van der Waals surface area contributed by atoms with Crippen molar-refractivity contribution in [3.63, 3.8) is 0 Å². The van der Waals surface area contributed by atoms with Gasteiger partial charge in [0.25, 0.3) is 0 Å². The van der Waals surface area contributed by atoms with E-state index >= 15 is 0 Å². The van der Waals surface area contributed by atoms with E-state index in [9.17, 15) is 0 Å². The Hall–Kier alpha value is -1.50. The highest BCUT2D eigenvalue weighted by Gasteiger charge is 2.24. The SMILES string of the molecule is C=C(CCC)CCC(=C)N1CCCC(Cc2ccccc2C(C)(C)C)C1. The highest BCUT2D eigenvalue weighted by Crippen LogP contribution is 2.30. The van der Waals surface area contributed by atoms with Gasteiger partial charge in [-0.15, -0.1) is 0 Å². The first kappa shape index (κ1) is 20.8. The van der Waals surface area contributed by atoms with Crippen LogP contribution in [0.15, 0.2) is 48.7 Å². The molecular formula is C25H39N. The summed E-state index contributed by atoms with van der Waals surface area (Å²) >= 11 is 0. The largest absolute Gasteiger partial charge is 0.375 e. The summed E-state index contributed by atoms with van der Waals surface area (Å²) in [4.78, 5) is 2.55. The number of piperidine rings is 1. The summed E-state index contributed by atoms with van der Waals surface area (Å²) in [6.07, 6.45) is 8.34. The van der Waals surface area contributed by atoms with Gasteiger partial charge in [0.05, 0.1) is 0 Å². The minimum absolute atomic E-state index is 0.216. The molecule has 1 heterocycles. The maximum atomic E-state index is 4.39. The summed E-state index contributed by atoms with van der Waals surface area (Å²) in [5, 5.41) is 0. The zero-order valence-corrected chi connectivity index (χ0v) is 17.6. The minimum atomic E-state index is 0.216. The van der Waals surface area contributed by atoms with Gasteiger partial charge < -0.3 is 4.90 Å². The van der Waals surface area contributed by atoms with Crippen molar-refractivity contribution >= 4 is 0 Å². The predicted molar refractivity (Wildman–Crippen MR) is 116 cm³/mol. The first-order valence-corrected chi connectivity index (χ1v) is 10.5. The first-order valence-electron chi connectivity index (χ1n) is 10.5. The van der Waals surface area contributed by atoms with Gasteiger partial charge in [0.1, 0.15) is 0 Å². The van der Waals surface area contributed by atoms with Gasteiger partial charge in [-0.3, -0.25) is 0 Å². The molecular weight excluding hydrogens is 314 g/mol. The second-order valence-corrected chi connectivity index (χ2v) is 9.13. The molecule has 2 rings (SSSR count). The number of allylic oxidation sites excluding steroid dienone is 2. The Balaban J connectivity index is 1.95. The van der Waals surface area contributed by atoms with E-state index in [1.165, 1.54) is 54.6 Å². The normalized spacial score (nSPS) is 18.0. The number of likely N-dealkylation sites (tertiary alicyclic amines) is 1. The van der Waals surface area contributed by atoms with Crippen LogP contribution in [-0.2, 0) is 11.8 Å². The van der Waals surface area contributed by atoms with E-state index in [4.69, 9.17) is 0 Å². The van der Waals surface area contributed by atoms with Crippen LogP contribution in [0.2, 0.25) is 0 Å². The molecule has 0 aromatic heterocycles. The van der Waals surface area contributed by atoms with Crippen molar-refractivity contribution in [3.05, 3.63) is 59.8 Å². The van der Waals surface area contributed by atoms with E-state index in [-0.39, 0.29) is 5.41 Å². The Morgan fingerprint density at radius 3 is 2.54 bits per heavy atom. The monoisotopic (exact) mass is 353 g/mol. The average molecular weight is 354 g/mol. The lowest BCUT2D eigenvalue weighted by molar-refractivity contribution is 0.211. The summed E-state index contributed by atoms with van der Waals surface area (Å²) in [5.41, 5.74) is 5.95. The van der Waals surface area contributed by atoms with Crippen molar-refractivity contribution in [2.75, 3.05) is 13.1 Å². The molecule has 1 heteroatoms. The molecule has 0 radical (unpaired) electrons. The van der Waals surface area contributed by atoms with E-state index < -0.39 is 0 Å². The number of rotatable bonds is 8. The van der Waals surface area contributed by atoms with Gasteiger partial charge in [0.15, 0.2) is 0 Å². The molecule has 1 aliphatic rings. The Bertz CT molecular complexity index is 605. The minimum Gasteiger partial charge on any atom is -0.375 e. The van der Waals surface area contributed by atoms with E-state index in [1.807, 2.05) is 0 Å². The van der Waals surface area contributed by atoms with E-state index in [1.54, 1.807) is 0 Å². The number of hydrogen-bond donors (Lipinski definition) is 0. The smallest absolute Gasteiger partial charge is 0.0206 e. The molecule has 26 heavy (non-hydrogen) atoms. The van der Waals surface area contributed by atoms with Crippen LogP contribution >= 0.6 is 0 Å².